The second kappa shape index (κ2) is 6.64. The van der Waals surface area contributed by atoms with E-state index in [2.05, 4.69) is 15.9 Å². The number of halogens is 1. The summed E-state index contributed by atoms with van der Waals surface area (Å²) in [5.74, 6) is 0.0932. The molecule has 1 amide bonds. The van der Waals surface area contributed by atoms with Gasteiger partial charge in [-0.2, -0.15) is 0 Å². The molecule has 0 aliphatic heterocycles. The van der Waals surface area contributed by atoms with E-state index in [1.807, 2.05) is 55.1 Å². The minimum absolute atomic E-state index is 0.0932. The van der Waals surface area contributed by atoms with Gasteiger partial charge in [0.2, 0.25) is 0 Å². The Bertz CT molecular complexity index is 379. The third-order valence-corrected chi connectivity index (χ3v) is 2.99. The molecule has 4 heteroatoms. The Labute approximate surface area is 112 Å². The zero-order chi connectivity index (χ0) is 12.8. The number of hydrogen-bond acceptors (Lipinski definition) is 2. The van der Waals surface area contributed by atoms with Gasteiger partial charge in [0, 0.05) is 43.8 Å². The van der Waals surface area contributed by atoms with Crippen molar-refractivity contribution < 1.29 is 4.79 Å². The third-order valence-electron chi connectivity index (χ3n) is 2.63. The standard InChI is InChI=1S/C13H19BrN2O/c1-4-16(9-8-14)13(17)11-6-5-7-12(10-11)15(2)3/h5-7,10H,4,8-9H2,1-3H3. The molecule has 0 atom stereocenters. The van der Waals surface area contributed by atoms with E-state index in [0.29, 0.717) is 0 Å². The van der Waals surface area contributed by atoms with E-state index in [1.54, 1.807) is 0 Å². The summed E-state index contributed by atoms with van der Waals surface area (Å²) in [4.78, 5) is 16.1. The molecule has 1 aromatic carbocycles. The molecule has 1 aromatic rings. The van der Waals surface area contributed by atoms with Gasteiger partial charge in [-0.3, -0.25) is 4.79 Å². The molecule has 0 aromatic heterocycles. The van der Waals surface area contributed by atoms with Crippen molar-refractivity contribution >= 4 is 27.5 Å². The van der Waals surface area contributed by atoms with Crippen molar-refractivity contribution in [3.05, 3.63) is 29.8 Å². The molecule has 0 unspecified atom stereocenters. The van der Waals surface area contributed by atoms with Crippen LogP contribution in [0.2, 0.25) is 0 Å². The van der Waals surface area contributed by atoms with Gasteiger partial charge in [-0.1, -0.05) is 22.0 Å². The number of amides is 1. The number of nitrogens with zero attached hydrogens (tertiary/aromatic N) is 2. The zero-order valence-electron chi connectivity index (χ0n) is 10.6. The fraction of sp³-hybridized carbons (Fsp3) is 0.462. The summed E-state index contributed by atoms with van der Waals surface area (Å²) >= 11 is 3.37. The Balaban J connectivity index is 2.91. The Morgan fingerprint density at radius 1 is 1.35 bits per heavy atom. The van der Waals surface area contributed by atoms with Crippen molar-refractivity contribution in [1.29, 1.82) is 0 Å². The number of anilines is 1. The SMILES string of the molecule is CCN(CCBr)C(=O)c1cccc(N(C)C)c1. The van der Waals surface area contributed by atoms with Gasteiger partial charge >= 0.3 is 0 Å². The molecule has 0 spiro atoms. The van der Waals surface area contributed by atoms with Gasteiger partial charge in [0.1, 0.15) is 0 Å². The number of carbonyl (C=O) groups is 1. The minimum atomic E-state index is 0.0932. The molecule has 0 radical (unpaired) electrons. The van der Waals surface area contributed by atoms with Crippen LogP contribution >= 0.6 is 15.9 Å². The first kappa shape index (κ1) is 14.0. The van der Waals surface area contributed by atoms with Crippen LogP contribution in [0.4, 0.5) is 5.69 Å². The highest BCUT2D eigenvalue weighted by atomic mass is 79.9. The summed E-state index contributed by atoms with van der Waals surface area (Å²) in [7, 11) is 3.94. The van der Waals surface area contributed by atoms with Gasteiger partial charge in [-0.25, -0.2) is 0 Å². The summed E-state index contributed by atoms with van der Waals surface area (Å²) in [6, 6.07) is 7.72. The predicted molar refractivity (Wildman–Crippen MR) is 76.1 cm³/mol. The average molecular weight is 299 g/mol. The highest BCUT2D eigenvalue weighted by Gasteiger charge is 2.13. The lowest BCUT2D eigenvalue weighted by atomic mass is 10.1. The Hall–Kier alpha value is -1.03. The predicted octanol–water partition coefficient (Wildman–Crippen LogP) is 2.61. The zero-order valence-corrected chi connectivity index (χ0v) is 12.2. The van der Waals surface area contributed by atoms with Crippen LogP contribution < -0.4 is 4.90 Å². The van der Waals surface area contributed by atoms with E-state index in [4.69, 9.17) is 0 Å². The molecule has 0 saturated heterocycles. The van der Waals surface area contributed by atoms with Crippen LogP contribution in [-0.4, -0.2) is 43.3 Å². The molecule has 1 rings (SSSR count). The highest BCUT2D eigenvalue weighted by molar-refractivity contribution is 9.09. The second-order valence-corrected chi connectivity index (χ2v) is 4.81. The van der Waals surface area contributed by atoms with Crippen LogP contribution in [0.15, 0.2) is 24.3 Å². The van der Waals surface area contributed by atoms with E-state index >= 15 is 0 Å². The summed E-state index contributed by atoms with van der Waals surface area (Å²) < 4.78 is 0. The Morgan fingerprint density at radius 2 is 2.06 bits per heavy atom. The summed E-state index contributed by atoms with van der Waals surface area (Å²) in [6.07, 6.45) is 0. The number of hydrogen-bond donors (Lipinski definition) is 0. The van der Waals surface area contributed by atoms with Gasteiger partial charge in [0.05, 0.1) is 0 Å². The molecule has 0 bridgehead atoms. The van der Waals surface area contributed by atoms with Crippen LogP contribution in [0.5, 0.6) is 0 Å². The van der Waals surface area contributed by atoms with Crippen molar-refractivity contribution in [3.8, 4) is 0 Å². The van der Waals surface area contributed by atoms with Gasteiger partial charge in [-0.15, -0.1) is 0 Å². The first-order valence-corrected chi connectivity index (χ1v) is 6.85. The maximum atomic E-state index is 12.2. The number of rotatable bonds is 5. The van der Waals surface area contributed by atoms with Gasteiger partial charge < -0.3 is 9.80 Å². The number of alkyl halides is 1. The molecule has 0 saturated carbocycles. The van der Waals surface area contributed by atoms with E-state index in [-0.39, 0.29) is 5.91 Å². The maximum Gasteiger partial charge on any atom is 0.253 e. The number of benzene rings is 1. The van der Waals surface area contributed by atoms with Crippen molar-refractivity contribution in [2.45, 2.75) is 6.92 Å². The van der Waals surface area contributed by atoms with Crippen LogP contribution in [0.25, 0.3) is 0 Å². The molecule has 0 aliphatic rings. The number of carbonyl (C=O) groups excluding carboxylic acids is 1. The van der Waals surface area contributed by atoms with Gasteiger partial charge in [0.25, 0.3) is 5.91 Å². The molecule has 0 fully saturated rings. The van der Waals surface area contributed by atoms with Crippen LogP contribution in [-0.2, 0) is 0 Å². The molecule has 0 heterocycles. The lowest BCUT2D eigenvalue weighted by Gasteiger charge is -2.21. The maximum absolute atomic E-state index is 12.2. The fourth-order valence-corrected chi connectivity index (χ4v) is 2.03. The minimum Gasteiger partial charge on any atom is -0.378 e. The van der Waals surface area contributed by atoms with Crippen molar-refractivity contribution in [2.75, 3.05) is 37.4 Å². The second-order valence-electron chi connectivity index (χ2n) is 4.02. The molecule has 0 aliphatic carbocycles. The molecular weight excluding hydrogens is 280 g/mol. The molecule has 17 heavy (non-hydrogen) atoms. The fourth-order valence-electron chi connectivity index (χ4n) is 1.60. The molecule has 3 nitrogen and oxygen atoms in total. The topological polar surface area (TPSA) is 23.6 Å². The van der Waals surface area contributed by atoms with Crippen LogP contribution in [0.1, 0.15) is 17.3 Å². The molecular formula is C13H19BrN2O. The van der Waals surface area contributed by atoms with E-state index in [1.165, 1.54) is 0 Å². The Kier molecular flexibility index (Phi) is 5.48. The highest BCUT2D eigenvalue weighted by Crippen LogP contribution is 2.15. The van der Waals surface area contributed by atoms with E-state index in [9.17, 15) is 4.79 Å². The van der Waals surface area contributed by atoms with Crippen molar-refractivity contribution in [3.63, 3.8) is 0 Å². The molecule has 94 valence electrons. The first-order valence-electron chi connectivity index (χ1n) is 5.72. The van der Waals surface area contributed by atoms with Crippen LogP contribution in [0, 0.1) is 0 Å². The lowest BCUT2D eigenvalue weighted by Crippen LogP contribution is -2.32. The van der Waals surface area contributed by atoms with Crippen LogP contribution in [0.3, 0.4) is 0 Å². The smallest absolute Gasteiger partial charge is 0.253 e. The van der Waals surface area contributed by atoms with Crippen molar-refractivity contribution in [1.82, 2.24) is 4.90 Å². The third kappa shape index (κ3) is 3.73. The largest absolute Gasteiger partial charge is 0.378 e. The first-order chi connectivity index (χ1) is 8.10. The summed E-state index contributed by atoms with van der Waals surface area (Å²) in [5.41, 5.74) is 1.80. The van der Waals surface area contributed by atoms with Crippen molar-refractivity contribution in [2.24, 2.45) is 0 Å². The van der Waals surface area contributed by atoms with E-state index < -0.39 is 0 Å². The van der Waals surface area contributed by atoms with Gasteiger partial charge in [-0.05, 0) is 25.1 Å². The average Bonchev–Trinajstić information content (AvgIpc) is 2.35. The van der Waals surface area contributed by atoms with Gasteiger partial charge in [0.15, 0.2) is 0 Å². The lowest BCUT2D eigenvalue weighted by molar-refractivity contribution is 0.0775. The summed E-state index contributed by atoms with van der Waals surface area (Å²) in [6.45, 7) is 3.47. The monoisotopic (exact) mass is 298 g/mol. The summed E-state index contributed by atoms with van der Waals surface area (Å²) in [5, 5.41) is 0.806. The normalized spacial score (nSPS) is 10.1. The quantitative estimate of drug-likeness (QED) is 0.780. The molecule has 0 N–H and O–H groups in total. The Morgan fingerprint density at radius 3 is 2.59 bits per heavy atom. The van der Waals surface area contributed by atoms with E-state index in [0.717, 1.165) is 29.7 Å².